The Kier molecular flexibility index (Phi) is 4.81. The number of aliphatic hydroxyl groups is 1. The lowest BCUT2D eigenvalue weighted by Crippen LogP contribution is -2.36. The average Bonchev–Trinajstić information content (AvgIpc) is 2.45. The molecule has 21 heavy (non-hydrogen) atoms. The third kappa shape index (κ3) is 3.90. The fourth-order valence-electron chi connectivity index (χ4n) is 2.79. The Morgan fingerprint density at radius 1 is 1.19 bits per heavy atom. The van der Waals surface area contributed by atoms with Crippen molar-refractivity contribution in [3.8, 4) is 5.75 Å². The molecular formula is C16H21F3O2. The summed E-state index contributed by atoms with van der Waals surface area (Å²) in [5, 5.41) is 10.6. The molecule has 5 heteroatoms. The van der Waals surface area contributed by atoms with Crippen LogP contribution in [0.5, 0.6) is 5.75 Å². The molecule has 1 aliphatic rings. The lowest BCUT2D eigenvalue weighted by atomic mass is 9.75. The number of benzene rings is 1. The highest BCUT2D eigenvalue weighted by atomic mass is 19.4. The second kappa shape index (κ2) is 6.26. The summed E-state index contributed by atoms with van der Waals surface area (Å²) in [6.45, 7) is 2.63. The number of halogens is 3. The summed E-state index contributed by atoms with van der Waals surface area (Å²) in [6, 6.07) is 7.02. The highest BCUT2D eigenvalue weighted by molar-refractivity contribution is 5.31. The molecule has 118 valence electrons. The number of hydrogen-bond donors (Lipinski definition) is 1. The molecule has 1 aromatic carbocycles. The van der Waals surface area contributed by atoms with E-state index in [0.717, 1.165) is 6.42 Å². The van der Waals surface area contributed by atoms with Crippen molar-refractivity contribution in [1.29, 1.82) is 0 Å². The largest absolute Gasteiger partial charge is 0.494 e. The average molecular weight is 302 g/mol. The van der Waals surface area contributed by atoms with E-state index in [4.69, 9.17) is 4.74 Å². The van der Waals surface area contributed by atoms with Gasteiger partial charge in [0.05, 0.1) is 18.1 Å². The van der Waals surface area contributed by atoms with Crippen LogP contribution in [0.1, 0.15) is 44.6 Å². The molecule has 0 aliphatic heterocycles. The number of hydrogen-bond acceptors (Lipinski definition) is 2. The van der Waals surface area contributed by atoms with E-state index in [1.807, 2.05) is 6.92 Å². The highest BCUT2D eigenvalue weighted by Crippen LogP contribution is 2.45. The van der Waals surface area contributed by atoms with E-state index in [0.29, 0.717) is 17.9 Å². The maximum atomic E-state index is 12.7. The molecule has 1 N–H and O–H groups in total. The van der Waals surface area contributed by atoms with E-state index >= 15 is 0 Å². The summed E-state index contributed by atoms with van der Waals surface area (Å²) >= 11 is 0. The first-order chi connectivity index (χ1) is 9.85. The Morgan fingerprint density at radius 2 is 1.76 bits per heavy atom. The summed E-state index contributed by atoms with van der Waals surface area (Å²) in [5.74, 6) is -0.571. The van der Waals surface area contributed by atoms with Crippen LogP contribution in [-0.2, 0) is 5.60 Å². The summed E-state index contributed by atoms with van der Waals surface area (Å²) in [7, 11) is 0. The van der Waals surface area contributed by atoms with Crippen molar-refractivity contribution in [2.75, 3.05) is 6.61 Å². The summed E-state index contributed by atoms with van der Waals surface area (Å²) in [6.07, 6.45) is -3.00. The van der Waals surface area contributed by atoms with Gasteiger partial charge in [-0.25, -0.2) is 0 Å². The predicted octanol–water partition coefficient (Wildman–Crippen LogP) is 4.42. The van der Waals surface area contributed by atoms with Crippen LogP contribution in [0.4, 0.5) is 13.2 Å². The number of ether oxygens (including phenoxy) is 1. The quantitative estimate of drug-likeness (QED) is 0.892. The van der Waals surface area contributed by atoms with Gasteiger partial charge in [-0.15, -0.1) is 0 Å². The van der Waals surface area contributed by atoms with E-state index in [1.54, 1.807) is 24.3 Å². The van der Waals surface area contributed by atoms with Gasteiger partial charge in [0, 0.05) is 0 Å². The first kappa shape index (κ1) is 16.1. The van der Waals surface area contributed by atoms with Gasteiger partial charge < -0.3 is 9.84 Å². The number of rotatable bonds is 4. The standard InChI is InChI=1S/C16H21F3O2/c1-2-11-21-14-5-3-12(4-6-14)15(20)9-7-13(8-10-15)16(17,18)19/h3-6,13,20H,2,7-11H2,1H3. The van der Waals surface area contributed by atoms with Crippen molar-refractivity contribution in [3.05, 3.63) is 29.8 Å². The summed E-state index contributed by atoms with van der Waals surface area (Å²) < 4.78 is 43.5. The lowest BCUT2D eigenvalue weighted by Gasteiger charge is -2.37. The Bertz CT molecular complexity index is 446. The van der Waals surface area contributed by atoms with Gasteiger partial charge >= 0.3 is 6.18 Å². The smallest absolute Gasteiger partial charge is 0.391 e. The van der Waals surface area contributed by atoms with Crippen LogP contribution in [0, 0.1) is 5.92 Å². The van der Waals surface area contributed by atoms with Gasteiger partial charge in [-0.1, -0.05) is 19.1 Å². The molecule has 2 nitrogen and oxygen atoms in total. The van der Waals surface area contributed by atoms with Crippen LogP contribution in [-0.4, -0.2) is 17.9 Å². The Labute approximate surface area is 122 Å². The van der Waals surface area contributed by atoms with Crippen molar-refractivity contribution in [3.63, 3.8) is 0 Å². The second-order valence-electron chi connectivity index (χ2n) is 5.72. The molecule has 0 bridgehead atoms. The molecule has 1 saturated carbocycles. The van der Waals surface area contributed by atoms with Gasteiger partial charge in [0.1, 0.15) is 5.75 Å². The fraction of sp³-hybridized carbons (Fsp3) is 0.625. The van der Waals surface area contributed by atoms with E-state index in [9.17, 15) is 18.3 Å². The van der Waals surface area contributed by atoms with Crippen molar-refractivity contribution in [1.82, 2.24) is 0 Å². The fourth-order valence-corrected chi connectivity index (χ4v) is 2.79. The molecule has 1 aromatic rings. The van der Waals surface area contributed by atoms with Crippen LogP contribution < -0.4 is 4.74 Å². The van der Waals surface area contributed by atoms with Gasteiger partial charge in [-0.2, -0.15) is 13.2 Å². The van der Waals surface area contributed by atoms with Gasteiger partial charge in [0.25, 0.3) is 0 Å². The first-order valence-electron chi connectivity index (χ1n) is 7.37. The molecule has 0 saturated heterocycles. The van der Waals surface area contributed by atoms with Gasteiger partial charge in [-0.3, -0.25) is 0 Å². The van der Waals surface area contributed by atoms with Crippen LogP contribution in [0.3, 0.4) is 0 Å². The highest BCUT2D eigenvalue weighted by Gasteiger charge is 2.45. The molecule has 0 amide bonds. The molecular weight excluding hydrogens is 281 g/mol. The molecule has 0 aromatic heterocycles. The lowest BCUT2D eigenvalue weighted by molar-refractivity contribution is -0.193. The topological polar surface area (TPSA) is 29.5 Å². The van der Waals surface area contributed by atoms with Crippen LogP contribution in [0.2, 0.25) is 0 Å². The molecule has 1 fully saturated rings. The number of alkyl halides is 3. The predicted molar refractivity (Wildman–Crippen MR) is 74.1 cm³/mol. The van der Waals surface area contributed by atoms with Crippen molar-refractivity contribution >= 4 is 0 Å². The first-order valence-corrected chi connectivity index (χ1v) is 7.37. The summed E-state index contributed by atoms with van der Waals surface area (Å²) in [4.78, 5) is 0. The van der Waals surface area contributed by atoms with Gasteiger partial charge in [0.15, 0.2) is 0 Å². The zero-order valence-corrected chi connectivity index (χ0v) is 12.1. The molecule has 0 unspecified atom stereocenters. The van der Waals surface area contributed by atoms with Crippen LogP contribution in [0.25, 0.3) is 0 Å². The zero-order chi connectivity index (χ0) is 15.5. The van der Waals surface area contributed by atoms with Crippen molar-refractivity contribution in [2.24, 2.45) is 5.92 Å². The van der Waals surface area contributed by atoms with Crippen molar-refractivity contribution in [2.45, 2.75) is 50.8 Å². The van der Waals surface area contributed by atoms with E-state index in [1.165, 1.54) is 0 Å². The monoisotopic (exact) mass is 302 g/mol. The molecule has 0 radical (unpaired) electrons. The molecule has 1 aliphatic carbocycles. The molecule has 0 spiro atoms. The minimum Gasteiger partial charge on any atom is -0.494 e. The molecule has 2 rings (SSSR count). The Morgan fingerprint density at radius 3 is 2.24 bits per heavy atom. The maximum Gasteiger partial charge on any atom is 0.391 e. The van der Waals surface area contributed by atoms with E-state index < -0.39 is 17.7 Å². The molecule has 0 heterocycles. The van der Waals surface area contributed by atoms with Gasteiger partial charge in [-0.05, 0) is 49.8 Å². The maximum absolute atomic E-state index is 12.7. The third-order valence-corrected chi connectivity index (χ3v) is 4.14. The SMILES string of the molecule is CCCOc1ccc(C2(O)CCC(C(F)(F)F)CC2)cc1. The van der Waals surface area contributed by atoms with Crippen LogP contribution >= 0.6 is 0 Å². The zero-order valence-electron chi connectivity index (χ0n) is 12.1. The Balaban J connectivity index is 2.01. The molecule has 0 atom stereocenters. The second-order valence-corrected chi connectivity index (χ2v) is 5.72. The third-order valence-electron chi connectivity index (χ3n) is 4.14. The summed E-state index contributed by atoms with van der Waals surface area (Å²) in [5.41, 5.74) is -0.475. The van der Waals surface area contributed by atoms with Gasteiger partial charge in [0.2, 0.25) is 0 Å². The normalized spacial score (nSPS) is 26.6. The van der Waals surface area contributed by atoms with E-state index in [2.05, 4.69) is 0 Å². The van der Waals surface area contributed by atoms with E-state index in [-0.39, 0.29) is 25.7 Å². The Hall–Kier alpha value is -1.23. The van der Waals surface area contributed by atoms with Crippen LogP contribution in [0.15, 0.2) is 24.3 Å². The minimum atomic E-state index is -4.15. The van der Waals surface area contributed by atoms with Crippen molar-refractivity contribution < 1.29 is 23.0 Å². The minimum absolute atomic E-state index is 0.0198.